The monoisotopic (exact) mass is 330 g/mol. The highest BCUT2D eigenvalue weighted by Crippen LogP contribution is 2.38. The van der Waals surface area contributed by atoms with E-state index in [4.69, 9.17) is 0 Å². The van der Waals surface area contributed by atoms with Crippen molar-refractivity contribution in [3.63, 3.8) is 0 Å². The van der Waals surface area contributed by atoms with Gasteiger partial charge in [0.15, 0.2) is 9.84 Å². The quantitative estimate of drug-likeness (QED) is 0.659. The summed E-state index contributed by atoms with van der Waals surface area (Å²) in [6.45, 7) is 2.76. The summed E-state index contributed by atoms with van der Waals surface area (Å²) in [5.74, 6) is 1.10. The second kappa shape index (κ2) is 5.84. The number of nitro benzene ring substituents is 1. The zero-order valence-electron chi connectivity index (χ0n) is 12.0. The van der Waals surface area contributed by atoms with Gasteiger partial charge in [-0.15, -0.1) is 0 Å². The highest BCUT2D eigenvalue weighted by atomic mass is 32.2. The number of nitrogens with one attached hydrogen (secondary N) is 1. The van der Waals surface area contributed by atoms with Crippen LogP contribution in [0.25, 0.3) is 0 Å². The van der Waals surface area contributed by atoms with Crippen molar-refractivity contribution in [1.29, 1.82) is 0 Å². The van der Waals surface area contributed by atoms with Crippen molar-refractivity contribution in [2.45, 2.75) is 29.4 Å². The third-order valence-corrected chi connectivity index (χ3v) is 6.20. The minimum absolute atomic E-state index is 0.0406. The van der Waals surface area contributed by atoms with E-state index in [1.807, 2.05) is 11.8 Å². The van der Waals surface area contributed by atoms with Gasteiger partial charge in [-0.05, 0) is 37.7 Å². The fourth-order valence-electron chi connectivity index (χ4n) is 2.30. The third kappa shape index (κ3) is 3.88. The standard InChI is InChI=1S/C13H18N2O4S2/c1-13(6-3-7-20-13)9-14-11-5-4-10(21(2,18)19)8-12(11)15(16)17/h4-5,8,14H,3,6-7,9H2,1-2H3. The maximum Gasteiger partial charge on any atom is 0.293 e. The van der Waals surface area contributed by atoms with Crippen LogP contribution >= 0.6 is 11.8 Å². The molecule has 0 spiro atoms. The van der Waals surface area contributed by atoms with E-state index in [-0.39, 0.29) is 15.3 Å². The van der Waals surface area contributed by atoms with E-state index in [2.05, 4.69) is 12.2 Å². The lowest BCUT2D eigenvalue weighted by Gasteiger charge is -2.23. The van der Waals surface area contributed by atoms with E-state index in [1.165, 1.54) is 12.1 Å². The fraction of sp³-hybridized carbons (Fsp3) is 0.538. The normalized spacial score (nSPS) is 22.2. The number of thioether (sulfide) groups is 1. The average molecular weight is 330 g/mol. The first-order chi connectivity index (χ1) is 9.71. The first kappa shape index (κ1) is 16.1. The third-order valence-electron chi connectivity index (χ3n) is 3.55. The summed E-state index contributed by atoms with van der Waals surface area (Å²) in [5, 5.41) is 14.2. The molecule has 1 unspecified atom stereocenters. The van der Waals surface area contributed by atoms with E-state index in [0.29, 0.717) is 12.2 Å². The predicted molar refractivity (Wildman–Crippen MR) is 84.8 cm³/mol. The summed E-state index contributed by atoms with van der Waals surface area (Å²) in [7, 11) is -3.45. The second-order valence-electron chi connectivity index (χ2n) is 5.46. The highest BCUT2D eigenvalue weighted by molar-refractivity contribution is 8.00. The SMILES string of the molecule is CC1(CNc2ccc(S(C)(=O)=O)cc2[N+](=O)[O-])CCCS1. The van der Waals surface area contributed by atoms with Crippen LogP contribution in [-0.4, -0.2) is 36.6 Å². The second-order valence-corrected chi connectivity index (χ2v) is 9.16. The molecule has 1 heterocycles. The molecule has 1 aliphatic rings. The van der Waals surface area contributed by atoms with Crippen LogP contribution in [0.2, 0.25) is 0 Å². The maximum absolute atomic E-state index is 11.5. The molecular formula is C13H18N2O4S2. The summed E-state index contributed by atoms with van der Waals surface area (Å²) in [4.78, 5) is 10.5. The number of sulfone groups is 1. The van der Waals surface area contributed by atoms with Crippen LogP contribution < -0.4 is 5.32 Å². The Labute approximate surface area is 128 Å². The summed E-state index contributed by atoms with van der Waals surface area (Å²) >= 11 is 1.86. The number of benzene rings is 1. The van der Waals surface area contributed by atoms with Gasteiger partial charge in [-0.1, -0.05) is 0 Å². The van der Waals surface area contributed by atoms with E-state index in [9.17, 15) is 18.5 Å². The summed E-state index contributed by atoms with van der Waals surface area (Å²) in [6.07, 6.45) is 3.26. The largest absolute Gasteiger partial charge is 0.378 e. The van der Waals surface area contributed by atoms with Gasteiger partial charge in [0, 0.05) is 23.6 Å². The van der Waals surface area contributed by atoms with Crippen molar-refractivity contribution >= 4 is 33.0 Å². The molecule has 8 heteroatoms. The zero-order chi connectivity index (χ0) is 15.7. The van der Waals surface area contributed by atoms with Gasteiger partial charge in [-0.25, -0.2) is 8.42 Å². The van der Waals surface area contributed by atoms with Gasteiger partial charge in [-0.3, -0.25) is 10.1 Å². The molecule has 0 bridgehead atoms. The van der Waals surface area contributed by atoms with E-state index >= 15 is 0 Å². The van der Waals surface area contributed by atoms with Gasteiger partial charge in [0.1, 0.15) is 5.69 Å². The molecule has 21 heavy (non-hydrogen) atoms. The Balaban J connectivity index is 2.25. The molecule has 2 rings (SSSR count). The zero-order valence-corrected chi connectivity index (χ0v) is 13.6. The van der Waals surface area contributed by atoms with Crippen LogP contribution in [0.15, 0.2) is 23.1 Å². The molecule has 0 radical (unpaired) electrons. The van der Waals surface area contributed by atoms with Crippen LogP contribution in [-0.2, 0) is 9.84 Å². The summed E-state index contributed by atoms with van der Waals surface area (Å²) < 4.78 is 23.1. The molecule has 0 saturated carbocycles. The van der Waals surface area contributed by atoms with Gasteiger partial charge >= 0.3 is 0 Å². The number of anilines is 1. The minimum atomic E-state index is -3.45. The van der Waals surface area contributed by atoms with Gasteiger partial charge in [0.25, 0.3) is 5.69 Å². The van der Waals surface area contributed by atoms with Crippen molar-refractivity contribution < 1.29 is 13.3 Å². The lowest BCUT2D eigenvalue weighted by atomic mass is 10.1. The van der Waals surface area contributed by atoms with Gasteiger partial charge in [-0.2, -0.15) is 11.8 Å². The van der Waals surface area contributed by atoms with Crippen LogP contribution in [0.4, 0.5) is 11.4 Å². The van der Waals surface area contributed by atoms with Crippen molar-refractivity contribution in [1.82, 2.24) is 0 Å². The smallest absolute Gasteiger partial charge is 0.293 e. The first-order valence-electron chi connectivity index (χ1n) is 6.58. The number of hydrogen-bond donors (Lipinski definition) is 1. The summed E-state index contributed by atoms with van der Waals surface area (Å²) in [5.41, 5.74) is 0.158. The Bertz CT molecular complexity index is 652. The molecule has 1 aromatic rings. The molecule has 1 atom stereocenters. The Morgan fingerprint density at radius 1 is 1.48 bits per heavy atom. The molecule has 1 aliphatic heterocycles. The minimum Gasteiger partial charge on any atom is -0.378 e. The molecule has 1 saturated heterocycles. The molecule has 1 fully saturated rings. The lowest BCUT2D eigenvalue weighted by Crippen LogP contribution is -2.27. The van der Waals surface area contributed by atoms with Gasteiger partial charge in [0.2, 0.25) is 0 Å². The van der Waals surface area contributed by atoms with Crippen molar-refractivity contribution in [2.75, 3.05) is 23.9 Å². The molecule has 116 valence electrons. The van der Waals surface area contributed by atoms with Crippen LogP contribution in [0.3, 0.4) is 0 Å². The number of hydrogen-bond acceptors (Lipinski definition) is 6. The van der Waals surface area contributed by atoms with Crippen molar-refractivity contribution in [3.8, 4) is 0 Å². The molecule has 0 amide bonds. The maximum atomic E-state index is 11.5. The molecule has 6 nitrogen and oxygen atoms in total. The van der Waals surface area contributed by atoms with Crippen molar-refractivity contribution in [2.24, 2.45) is 0 Å². The highest BCUT2D eigenvalue weighted by Gasteiger charge is 2.30. The lowest BCUT2D eigenvalue weighted by molar-refractivity contribution is -0.384. The van der Waals surface area contributed by atoms with E-state index in [1.54, 1.807) is 0 Å². The Hall–Kier alpha value is -1.28. The Morgan fingerprint density at radius 2 is 2.19 bits per heavy atom. The Morgan fingerprint density at radius 3 is 2.71 bits per heavy atom. The number of nitrogens with zero attached hydrogens (tertiary/aromatic N) is 1. The molecule has 0 aliphatic carbocycles. The molecule has 0 aromatic heterocycles. The number of rotatable bonds is 5. The van der Waals surface area contributed by atoms with Gasteiger partial charge in [0.05, 0.1) is 9.82 Å². The Kier molecular flexibility index (Phi) is 4.48. The first-order valence-corrected chi connectivity index (χ1v) is 9.45. The van der Waals surface area contributed by atoms with Gasteiger partial charge < -0.3 is 5.32 Å². The fourth-order valence-corrected chi connectivity index (χ4v) is 4.19. The number of nitro groups is 1. The van der Waals surface area contributed by atoms with Crippen LogP contribution in [0, 0.1) is 10.1 Å². The van der Waals surface area contributed by atoms with Crippen LogP contribution in [0.1, 0.15) is 19.8 Å². The van der Waals surface area contributed by atoms with E-state index < -0.39 is 14.8 Å². The molecule has 1 aromatic carbocycles. The topological polar surface area (TPSA) is 89.3 Å². The molecule has 1 N–H and O–H groups in total. The van der Waals surface area contributed by atoms with Crippen LogP contribution in [0.5, 0.6) is 0 Å². The average Bonchev–Trinajstić information content (AvgIpc) is 2.82. The van der Waals surface area contributed by atoms with E-state index in [0.717, 1.165) is 30.9 Å². The molecular weight excluding hydrogens is 312 g/mol. The predicted octanol–water partition coefficient (Wildman–Crippen LogP) is 2.70. The summed E-state index contributed by atoms with van der Waals surface area (Å²) in [6, 6.07) is 3.98. The van der Waals surface area contributed by atoms with Crippen molar-refractivity contribution in [3.05, 3.63) is 28.3 Å².